The minimum absolute atomic E-state index is 0.0661. The second kappa shape index (κ2) is 12.1. The van der Waals surface area contributed by atoms with Crippen LogP contribution in [-0.2, 0) is 6.54 Å². The third-order valence-electron chi connectivity index (χ3n) is 6.08. The molecule has 0 bridgehead atoms. The van der Waals surface area contributed by atoms with Gasteiger partial charge in [-0.25, -0.2) is 5.43 Å². The average molecular weight is 489 g/mol. The van der Waals surface area contributed by atoms with Crippen LogP contribution >= 0.6 is 0 Å². The Balaban J connectivity index is 1.27. The van der Waals surface area contributed by atoms with Crippen molar-refractivity contribution in [3.05, 3.63) is 83.4 Å². The zero-order valence-electron chi connectivity index (χ0n) is 20.7. The van der Waals surface area contributed by atoms with Gasteiger partial charge in [-0.3, -0.25) is 9.69 Å². The predicted molar refractivity (Wildman–Crippen MR) is 141 cm³/mol. The number of carbonyl (C=O) groups excluding carboxylic acids is 1. The van der Waals surface area contributed by atoms with Crippen LogP contribution in [0.25, 0.3) is 0 Å². The summed E-state index contributed by atoms with van der Waals surface area (Å²) in [5.74, 6) is 1.07. The molecule has 4 rings (SSSR count). The number of para-hydroxylation sites is 2. The number of ether oxygens (including phenoxy) is 2. The number of benzene rings is 3. The molecule has 1 amide bonds. The van der Waals surface area contributed by atoms with Gasteiger partial charge in [0.25, 0.3) is 5.91 Å². The third kappa shape index (κ3) is 6.34. The molecule has 1 aliphatic heterocycles. The minimum atomic E-state index is -0.285. The molecule has 2 N–H and O–H groups in total. The number of amides is 1. The lowest BCUT2D eigenvalue weighted by Gasteiger charge is -2.36. The van der Waals surface area contributed by atoms with Gasteiger partial charge in [0, 0.05) is 38.3 Å². The highest BCUT2D eigenvalue weighted by atomic mass is 16.5. The van der Waals surface area contributed by atoms with E-state index in [2.05, 4.69) is 26.4 Å². The predicted octanol–water partition coefficient (Wildman–Crippen LogP) is 3.89. The Morgan fingerprint density at radius 2 is 1.78 bits per heavy atom. The van der Waals surface area contributed by atoms with Crippen LogP contribution in [0.15, 0.2) is 71.8 Å². The first-order valence-corrected chi connectivity index (χ1v) is 12.1. The lowest BCUT2D eigenvalue weighted by atomic mass is 10.1. The lowest BCUT2D eigenvalue weighted by Crippen LogP contribution is -2.46. The number of anilines is 1. The van der Waals surface area contributed by atoms with Gasteiger partial charge in [-0.1, -0.05) is 24.3 Å². The summed E-state index contributed by atoms with van der Waals surface area (Å²) in [4.78, 5) is 17.2. The molecule has 188 valence electrons. The number of nitrogens with one attached hydrogen (secondary N) is 1. The minimum Gasteiger partial charge on any atom is -0.504 e. The molecule has 0 atom stereocenters. The molecule has 3 aromatic rings. The number of methoxy groups -OCH3 is 1. The summed E-state index contributed by atoms with van der Waals surface area (Å²) in [6.45, 7) is 6.91. The number of carbonyl (C=O) groups is 1. The van der Waals surface area contributed by atoms with Gasteiger partial charge in [0.1, 0.15) is 5.75 Å². The van der Waals surface area contributed by atoms with E-state index in [1.807, 2.05) is 49.4 Å². The van der Waals surface area contributed by atoms with Crippen molar-refractivity contribution in [2.75, 3.05) is 44.8 Å². The molecule has 8 heteroatoms. The van der Waals surface area contributed by atoms with E-state index >= 15 is 0 Å². The molecule has 0 radical (unpaired) electrons. The van der Waals surface area contributed by atoms with Crippen LogP contribution in [0.2, 0.25) is 0 Å². The first-order chi connectivity index (χ1) is 17.6. The number of hydrogen-bond acceptors (Lipinski definition) is 7. The van der Waals surface area contributed by atoms with E-state index in [4.69, 9.17) is 9.47 Å². The van der Waals surface area contributed by atoms with Crippen LogP contribution < -0.4 is 19.8 Å². The fraction of sp³-hybridized carbons (Fsp3) is 0.286. The van der Waals surface area contributed by atoms with Gasteiger partial charge in [0.05, 0.1) is 25.6 Å². The molecule has 0 spiro atoms. The summed E-state index contributed by atoms with van der Waals surface area (Å²) in [6, 6.07) is 20.6. The van der Waals surface area contributed by atoms with E-state index in [-0.39, 0.29) is 11.7 Å². The van der Waals surface area contributed by atoms with E-state index in [0.29, 0.717) is 23.5 Å². The second-order valence-electron chi connectivity index (χ2n) is 8.49. The Kier molecular flexibility index (Phi) is 8.41. The Morgan fingerprint density at radius 1 is 1.03 bits per heavy atom. The van der Waals surface area contributed by atoms with Crippen molar-refractivity contribution < 1.29 is 19.4 Å². The van der Waals surface area contributed by atoms with Crippen LogP contribution in [0, 0.1) is 0 Å². The van der Waals surface area contributed by atoms with Crippen molar-refractivity contribution in [3.63, 3.8) is 0 Å². The first kappa shape index (κ1) is 25.1. The number of aromatic hydroxyl groups is 1. The Hall–Kier alpha value is -4.04. The Bertz CT molecular complexity index is 1190. The molecule has 1 saturated heterocycles. The van der Waals surface area contributed by atoms with E-state index in [1.54, 1.807) is 19.2 Å². The lowest BCUT2D eigenvalue weighted by molar-refractivity contribution is 0.0955. The maximum atomic E-state index is 12.5. The summed E-state index contributed by atoms with van der Waals surface area (Å²) in [5, 5.41) is 13.8. The van der Waals surface area contributed by atoms with Crippen LogP contribution in [0.1, 0.15) is 28.4 Å². The van der Waals surface area contributed by atoms with Gasteiger partial charge in [0.15, 0.2) is 11.5 Å². The summed E-state index contributed by atoms with van der Waals surface area (Å²) >= 11 is 0. The maximum absolute atomic E-state index is 12.5. The summed E-state index contributed by atoms with van der Waals surface area (Å²) in [5.41, 5.74) is 6.09. The monoisotopic (exact) mass is 488 g/mol. The van der Waals surface area contributed by atoms with E-state index in [0.717, 1.165) is 49.7 Å². The number of phenols is 1. The highest BCUT2D eigenvalue weighted by molar-refractivity contribution is 5.95. The van der Waals surface area contributed by atoms with Crippen molar-refractivity contribution in [2.24, 2.45) is 5.10 Å². The number of rotatable bonds is 9. The van der Waals surface area contributed by atoms with Crippen molar-refractivity contribution in [2.45, 2.75) is 13.5 Å². The molecule has 36 heavy (non-hydrogen) atoms. The smallest absolute Gasteiger partial charge is 0.271 e. The van der Waals surface area contributed by atoms with Crippen LogP contribution in [0.4, 0.5) is 5.69 Å². The second-order valence-corrected chi connectivity index (χ2v) is 8.49. The Labute approximate surface area is 211 Å². The number of hydrogen-bond donors (Lipinski definition) is 2. The summed E-state index contributed by atoms with van der Waals surface area (Å²) in [7, 11) is 1.71. The maximum Gasteiger partial charge on any atom is 0.271 e. The molecule has 1 aliphatic rings. The van der Waals surface area contributed by atoms with Gasteiger partial charge < -0.3 is 19.5 Å². The summed E-state index contributed by atoms with van der Waals surface area (Å²) < 4.78 is 10.9. The van der Waals surface area contributed by atoms with Crippen LogP contribution in [-0.4, -0.2) is 62.0 Å². The molecule has 0 aromatic heterocycles. The van der Waals surface area contributed by atoms with E-state index in [1.165, 1.54) is 12.3 Å². The number of hydrazone groups is 1. The quantitative estimate of drug-likeness (QED) is 0.351. The summed E-state index contributed by atoms with van der Waals surface area (Å²) in [6.07, 6.45) is 1.51. The SMILES string of the molecule is CCOc1cc(/C=N\NC(=O)c2ccc(CN3CCN(c4ccccc4OC)CC3)cc2)ccc1O. The van der Waals surface area contributed by atoms with Gasteiger partial charge >= 0.3 is 0 Å². The van der Waals surface area contributed by atoms with Crippen molar-refractivity contribution >= 4 is 17.8 Å². The van der Waals surface area contributed by atoms with Gasteiger partial charge in [-0.15, -0.1) is 0 Å². The van der Waals surface area contributed by atoms with Crippen LogP contribution in [0.5, 0.6) is 17.2 Å². The Morgan fingerprint density at radius 3 is 2.50 bits per heavy atom. The zero-order valence-corrected chi connectivity index (χ0v) is 20.7. The van der Waals surface area contributed by atoms with Gasteiger partial charge in [-0.05, 0) is 60.5 Å². The van der Waals surface area contributed by atoms with Gasteiger partial charge in [-0.2, -0.15) is 5.10 Å². The number of phenolic OH excluding ortho intramolecular Hbond substituents is 1. The fourth-order valence-corrected chi connectivity index (χ4v) is 4.17. The first-order valence-electron chi connectivity index (χ1n) is 12.1. The van der Waals surface area contributed by atoms with E-state index < -0.39 is 0 Å². The standard InChI is InChI=1S/C28H32N4O4/c1-3-36-27-18-22(10-13-25(27)33)19-29-30-28(34)23-11-8-21(9-12-23)20-31-14-16-32(17-15-31)24-6-4-5-7-26(24)35-2/h4-13,18-19,33H,3,14-17,20H2,1-2H3,(H,30,34)/b29-19-. The molecular weight excluding hydrogens is 456 g/mol. The molecule has 0 saturated carbocycles. The van der Waals surface area contributed by atoms with Crippen LogP contribution in [0.3, 0.4) is 0 Å². The zero-order chi connectivity index (χ0) is 25.3. The van der Waals surface area contributed by atoms with Crippen molar-refractivity contribution in [3.8, 4) is 17.2 Å². The largest absolute Gasteiger partial charge is 0.504 e. The topological polar surface area (TPSA) is 86.6 Å². The molecule has 0 aliphatic carbocycles. The number of nitrogens with zero attached hydrogens (tertiary/aromatic N) is 3. The highest BCUT2D eigenvalue weighted by Crippen LogP contribution is 2.28. The average Bonchev–Trinajstić information content (AvgIpc) is 2.91. The molecule has 0 unspecified atom stereocenters. The molecule has 1 fully saturated rings. The molecule has 8 nitrogen and oxygen atoms in total. The normalized spacial score (nSPS) is 14.1. The van der Waals surface area contributed by atoms with Gasteiger partial charge in [0.2, 0.25) is 0 Å². The number of piperazine rings is 1. The molecular formula is C28H32N4O4. The highest BCUT2D eigenvalue weighted by Gasteiger charge is 2.19. The van der Waals surface area contributed by atoms with Crippen molar-refractivity contribution in [1.82, 2.24) is 10.3 Å². The fourth-order valence-electron chi connectivity index (χ4n) is 4.17. The third-order valence-corrected chi connectivity index (χ3v) is 6.08. The molecule has 1 heterocycles. The molecule has 3 aromatic carbocycles. The van der Waals surface area contributed by atoms with Crippen molar-refractivity contribution in [1.29, 1.82) is 0 Å². The van der Waals surface area contributed by atoms with E-state index in [9.17, 15) is 9.90 Å².